The molecule has 1 heterocycles. The summed E-state index contributed by atoms with van der Waals surface area (Å²) >= 11 is 15.0. The van der Waals surface area contributed by atoms with E-state index in [4.69, 9.17) is 33.3 Å². The van der Waals surface area contributed by atoms with Crippen LogP contribution in [0.4, 0.5) is 0 Å². The topological polar surface area (TPSA) is 64.1 Å². The molecule has 2 N–H and O–H groups in total. The Morgan fingerprint density at radius 3 is 2.75 bits per heavy atom. The van der Waals surface area contributed by atoms with E-state index in [9.17, 15) is 0 Å². The van der Waals surface area contributed by atoms with Crippen LogP contribution in [0.15, 0.2) is 40.9 Å². The molecule has 3 rings (SSSR count). The summed E-state index contributed by atoms with van der Waals surface area (Å²) in [6.45, 7) is 5.21. The number of aryl methyl sites for hydroxylation is 1. The molecule has 0 spiro atoms. The second-order valence-corrected chi connectivity index (χ2v) is 7.61. The van der Waals surface area contributed by atoms with Crippen LogP contribution < -0.4 is 14.9 Å². The third kappa shape index (κ3) is 4.87. The first-order chi connectivity index (χ1) is 13.5. The van der Waals surface area contributed by atoms with Gasteiger partial charge in [-0.2, -0.15) is 5.10 Å². The minimum atomic E-state index is 0.347. The van der Waals surface area contributed by atoms with E-state index in [1.54, 1.807) is 4.68 Å². The van der Waals surface area contributed by atoms with Crippen LogP contribution in [0.2, 0.25) is 5.02 Å². The van der Waals surface area contributed by atoms with Crippen molar-refractivity contribution in [1.29, 1.82) is 0 Å². The molecule has 148 valence electrons. The fourth-order valence-electron chi connectivity index (χ4n) is 2.62. The van der Waals surface area contributed by atoms with Crippen molar-refractivity contribution >= 4 is 39.7 Å². The molecule has 1 aromatic heterocycles. The molecule has 0 aliphatic heterocycles. The lowest BCUT2D eigenvalue weighted by Gasteiger charge is -2.16. The highest BCUT2D eigenvalue weighted by Gasteiger charge is 2.14. The molecule has 2 aromatic carbocycles. The first kappa shape index (κ1) is 20.7. The maximum Gasteiger partial charge on any atom is 0.214 e. The van der Waals surface area contributed by atoms with Gasteiger partial charge in [0.05, 0.1) is 17.6 Å². The predicted molar refractivity (Wildman–Crippen MR) is 116 cm³/mol. The highest BCUT2D eigenvalue weighted by molar-refractivity contribution is 9.10. The van der Waals surface area contributed by atoms with E-state index in [1.807, 2.05) is 50.2 Å². The third-order valence-electron chi connectivity index (χ3n) is 3.98. The van der Waals surface area contributed by atoms with Crippen molar-refractivity contribution in [3.8, 4) is 11.5 Å². The number of hydrogen-bond acceptors (Lipinski definition) is 5. The number of nitrogens with one attached hydrogen (secondary N) is 2. The number of aromatic amines is 1. The van der Waals surface area contributed by atoms with E-state index >= 15 is 0 Å². The first-order valence-corrected chi connectivity index (χ1v) is 10.3. The number of hydrogen-bond donors (Lipinski definition) is 2. The Kier molecular flexibility index (Phi) is 6.98. The molecule has 0 saturated heterocycles. The summed E-state index contributed by atoms with van der Waals surface area (Å²) < 4.78 is 14.9. The van der Waals surface area contributed by atoms with Gasteiger partial charge in [0, 0.05) is 10.6 Å². The summed E-state index contributed by atoms with van der Waals surface area (Å²) in [7, 11) is 0. The average molecular weight is 484 g/mol. The number of aromatic nitrogens is 3. The third-order valence-corrected chi connectivity index (χ3v) is 5.21. The Hall–Kier alpha value is -2.03. The Morgan fingerprint density at radius 1 is 1.29 bits per heavy atom. The van der Waals surface area contributed by atoms with Gasteiger partial charge in [0.25, 0.3) is 0 Å². The van der Waals surface area contributed by atoms with Crippen molar-refractivity contribution in [2.24, 2.45) is 0 Å². The monoisotopic (exact) mass is 482 g/mol. The van der Waals surface area contributed by atoms with E-state index < -0.39 is 0 Å². The van der Waals surface area contributed by atoms with Gasteiger partial charge in [0.15, 0.2) is 11.5 Å². The lowest BCUT2D eigenvalue weighted by atomic mass is 10.2. The zero-order valence-electron chi connectivity index (χ0n) is 15.5. The van der Waals surface area contributed by atoms with E-state index in [-0.39, 0.29) is 0 Å². The van der Waals surface area contributed by atoms with E-state index in [1.165, 1.54) is 0 Å². The molecule has 0 amide bonds. The van der Waals surface area contributed by atoms with Crippen LogP contribution in [0.1, 0.15) is 23.9 Å². The summed E-state index contributed by atoms with van der Waals surface area (Å²) in [6.07, 6.45) is 0. The first-order valence-electron chi connectivity index (χ1n) is 8.69. The summed E-state index contributed by atoms with van der Waals surface area (Å²) in [5, 5.41) is 7.51. The zero-order valence-corrected chi connectivity index (χ0v) is 18.6. The number of nitrogens with zero attached hydrogens (tertiary/aromatic N) is 2. The van der Waals surface area contributed by atoms with Gasteiger partial charge in [0.2, 0.25) is 4.77 Å². The van der Waals surface area contributed by atoms with Crippen molar-refractivity contribution in [3.63, 3.8) is 0 Å². The highest BCUT2D eigenvalue weighted by Crippen LogP contribution is 2.38. The van der Waals surface area contributed by atoms with Crippen molar-refractivity contribution < 1.29 is 9.47 Å². The molecule has 0 aliphatic rings. The van der Waals surface area contributed by atoms with E-state index in [0.717, 1.165) is 21.4 Å². The highest BCUT2D eigenvalue weighted by atomic mass is 79.9. The Bertz CT molecular complexity index is 1020. The number of benzene rings is 2. The van der Waals surface area contributed by atoms with Crippen LogP contribution in [-0.4, -0.2) is 21.5 Å². The van der Waals surface area contributed by atoms with Crippen molar-refractivity contribution in [1.82, 2.24) is 14.9 Å². The normalized spacial score (nSPS) is 10.7. The minimum Gasteiger partial charge on any atom is -0.490 e. The number of rotatable bonds is 8. The van der Waals surface area contributed by atoms with Gasteiger partial charge in [-0.25, -0.2) is 4.68 Å². The minimum absolute atomic E-state index is 0.347. The molecule has 9 heteroatoms. The van der Waals surface area contributed by atoms with Crippen LogP contribution in [0.25, 0.3) is 0 Å². The zero-order chi connectivity index (χ0) is 20.1. The summed E-state index contributed by atoms with van der Waals surface area (Å²) in [4.78, 5) is 0. The Morgan fingerprint density at radius 2 is 2.07 bits per heavy atom. The standard InChI is InChI=1S/C19H20BrClN4O2S/c1-3-26-17-9-13(10-22-25-12(2)23-24-19(25)28)8-15(20)18(17)27-11-14-6-4-5-7-16(14)21/h4-9,22H,3,10-11H2,1-2H3,(H,24,28). The van der Waals surface area contributed by atoms with Crippen molar-refractivity contribution in [2.45, 2.75) is 27.0 Å². The Balaban J connectivity index is 1.79. The molecule has 0 fully saturated rings. The van der Waals surface area contributed by atoms with Crippen LogP contribution in [-0.2, 0) is 13.2 Å². The molecule has 6 nitrogen and oxygen atoms in total. The molecule has 0 saturated carbocycles. The average Bonchev–Trinajstić information content (AvgIpc) is 2.99. The van der Waals surface area contributed by atoms with Crippen LogP contribution in [0.3, 0.4) is 0 Å². The molecule has 0 bridgehead atoms. The summed E-state index contributed by atoms with van der Waals surface area (Å²) in [5.74, 6) is 2.06. The van der Waals surface area contributed by atoms with Gasteiger partial charge < -0.3 is 14.9 Å². The fraction of sp³-hybridized carbons (Fsp3) is 0.263. The fourth-order valence-corrected chi connectivity index (χ4v) is 3.66. The molecule has 0 atom stereocenters. The quantitative estimate of drug-likeness (QED) is 0.421. The lowest BCUT2D eigenvalue weighted by molar-refractivity contribution is 0.267. The maximum atomic E-state index is 6.22. The smallest absolute Gasteiger partial charge is 0.214 e. The lowest BCUT2D eigenvalue weighted by Crippen LogP contribution is -2.16. The largest absolute Gasteiger partial charge is 0.490 e. The van der Waals surface area contributed by atoms with Crippen LogP contribution >= 0.6 is 39.7 Å². The molecule has 3 aromatic rings. The molecular formula is C19H20BrClN4O2S. The molecule has 28 heavy (non-hydrogen) atoms. The van der Waals surface area contributed by atoms with Gasteiger partial charge in [-0.1, -0.05) is 29.8 Å². The molecule has 0 aliphatic carbocycles. The second kappa shape index (κ2) is 9.45. The van der Waals surface area contributed by atoms with Gasteiger partial charge in [-0.15, -0.1) is 0 Å². The molecule has 0 radical (unpaired) electrons. The molecular weight excluding hydrogens is 464 g/mol. The second-order valence-electron chi connectivity index (χ2n) is 5.96. The predicted octanol–water partition coefficient (Wildman–Crippen LogP) is 5.39. The van der Waals surface area contributed by atoms with E-state index in [2.05, 4.69) is 31.6 Å². The van der Waals surface area contributed by atoms with Crippen molar-refractivity contribution in [3.05, 3.63) is 67.6 Å². The van der Waals surface area contributed by atoms with Crippen LogP contribution in [0, 0.1) is 11.7 Å². The summed E-state index contributed by atoms with van der Waals surface area (Å²) in [6, 6.07) is 11.5. The SMILES string of the molecule is CCOc1cc(CNn2c(C)n[nH]c2=S)cc(Br)c1OCc1ccccc1Cl. The number of H-pyrrole nitrogens is 1. The van der Waals surface area contributed by atoms with Gasteiger partial charge in [-0.3, -0.25) is 5.10 Å². The number of ether oxygens (including phenoxy) is 2. The summed E-state index contributed by atoms with van der Waals surface area (Å²) in [5.41, 5.74) is 5.16. The maximum absolute atomic E-state index is 6.22. The Labute approximate surface area is 181 Å². The van der Waals surface area contributed by atoms with E-state index in [0.29, 0.717) is 41.1 Å². The number of halogens is 2. The van der Waals surface area contributed by atoms with Gasteiger partial charge in [0.1, 0.15) is 12.4 Å². The van der Waals surface area contributed by atoms with Gasteiger partial charge in [-0.05, 0) is 65.8 Å². The molecule has 0 unspecified atom stereocenters. The van der Waals surface area contributed by atoms with Gasteiger partial charge >= 0.3 is 0 Å². The van der Waals surface area contributed by atoms with Crippen LogP contribution in [0.5, 0.6) is 11.5 Å². The van der Waals surface area contributed by atoms with Crippen molar-refractivity contribution in [2.75, 3.05) is 12.0 Å².